The maximum atomic E-state index is 13.1. The van der Waals surface area contributed by atoms with Gasteiger partial charge >= 0.3 is 0 Å². The number of rotatable bonds is 4. The first kappa shape index (κ1) is 17.5. The molecular weight excluding hydrogens is 369 g/mol. The van der Waals surface area contributed by atoms with E-state index in [1.54, 1.807) is 0 Å². The Bertz CT molecular complexity index is 978. The van der Waals surface area contributed by atoms with Gasteiger partial charge in [-0.05, 0) is 24.3 Å². The van der Waals surface area contributed by atoms with Gasteiger partial charge in [-0.1, -0.05) is 17.7 Å². The van der Waals surface area contributed by atoms with E-state index < -0.39 is 40.7 Å². The molecule has 0 saturated heterocycles. The standard InChI is InChI=1S/C16H9ClFN3O5/c17-10-6-8(4-5-11(10)18)19-13(22)7-20-15(23)9-2-1-3-12(21(25)26)14(9)16(20)24/h1-6H,7H2,(H,19,22). The fourth-order valence-corrected chi connectivity index (χ4v) is 2.71. The molecule has 0 aromatic heterocycles. The van der Waals surface area contributed by atoms with Gasteiger partial charge < -0.3 is 5.32 Å². The Hall–Kier alpha value is -3.33. The highest BCUT2D eigenvalue weighted by Crippen LogP contribution is 2.30. The second kappa shape index (κ2) is 6.52. The van der Waals surface area contributed by atoms with Gasteiger partial charge in [-0.15, -0.1) is 0 Å². The first-order valence-corrected chi connectivity index (χ1v) is 7.56. The average molecular weight is 378 g/mol. The summed E-state index contributed by atoms with van der Waals surface area (Å²) in [7, 11) is 0. The molecule has 132 valence electrons. The SMILES string of the molecule is O=C(CN1C(=O)c2cccc([N+](=O)[O-])c2C1=O)Nc1ccc(F)c(Cl)c1. The number of nitrogens with zero attached hydrogens (tertiary/aromatic N) is 2. The summed E-state index contributed by atoms with van der Waals surface area (Å²) < 4.78 is 13.1. The lowest BCUT2D eigenvalue weighted by molar-refractivity contribution is -0.385. The lowest BCUT2D eigenvalue weighted by Crippen LogP contribution is -2.37. The maximum absolute atomic E-state index is 13.1. The molecule has 3 rings (SSSR count). The van der Waals surface area contributed by atoms with Crippen molar-refractivity contribution in [3.8, 4) is 0 Å². The van der Waals surface area contributed by atoms with Crippen molar-refractivity contribution in [3.05, 3.63) is 68.5 Å². The third-order valence-corrected chi connectivity index (χ3v) is 3.97. The molecule has 0 atom stereocenters. The highest BCUT2D eigenvalue weighted by Gasteiger charge is 2.41. The maximum Gasteiger partial charge on any atom is 0.282 e. The van der Waals surface area contributed by atoms with Crippen LogP contribution < -0.4 is 5.32 Å². The smallest absolute Gasteiger partial charge is 0.282 e. The molecule has 2 aromatic rings. The number of hydrogen-bond donors (Lipinski definition) is 1. The minimum absolute atomic E-state index is 0.137. The van der Waals surface area contributed by atoms with Gasteiger partial charge in [0.2, 0.25) is 5.91 Å². The van der Waals surface area contributed by atoms with Gasteiger partial charge in [0.05, 0.1) is 15.5 Å². The molecule has 1 aliphatic heterocycles. The average Bonchev–Trinajstić information content (AvgIpc) is 2.83. The number of hydrogen-bond acceptors (Lipinski definition) is 5. The Morgan fingerprint density at radius 2 is 1.96 bits per heavy atom. The van der Waals surface area contributed by atoms with E-state index in [1.165, 1.54) is 24.3 Å². The van der Waals surface area contributed by atoms with Gasteiger partial charge in [0.15, 0.2) is 0 Å². The second-order valence-corrected chi connectivity index (χ2v) is 5.74. The van der Waals surface area contributed by atoms with Crippen molar-refractivity contribution in [1.29, 1.82) is 0 Å². The van der Waals surface area contributed by atoms with E-state index in [-0.39, 0.29) is 21.8 Å². The zero-order valence-corrected chi connectivity index (χ0v) is 13.6. The number of anilines is 1. The number of carbonyl (C=O) groups excluding carboxylic acids is 3. The zero-order chi connectivity index (χ0) is 19.0. The Morgan fingerprint density at radius 3 is 2.62 bits per heavy atom. The monoisotopic (exact) mass is 377 g/mol. The van der Waals surface area contributed by atoms with Gasteiger partial charge in [0.25, 0.3) is 17.5 Å². The Balaban J connectivity index is 1.80. The number of imide groups is 1. The number of nitro groups is 1. The predicted molar refractivity (Wildman–Crippen MR) is 88.5 cm³/mol. The third-order valence-electron chi connectivity index (χ3n) is 3.68. The van der Waals surface area contributed by atoms with Crippen LogP contribution in [0.4, 0.5) is 15.8 Å². The van der Waals surface area contributed by atoms with E-state index in [1.807, 2.05) is 0 Å². The van der Waals surface area contributed by atoms with Gasteiger partial charge in [-0.2, -0.15) is 0 Å². The molecule has 8 nitrogen and oxygen atoms in total. The molecule has 3 amide bonds. The Kier molecular flexibility index (Phi) is 4.39. The van der Waals surface area contributed by atoms with Crippen molar-refractivity contribution in [2.45, 2.75) is 0 Å². The van der Waals surface area contributed by atoms with E-state index in [4.69, 9.17) is 11.6 Å². The third kappa shape index (κ3) is 3.00. The molecule has 0 fully saturated rings. The second-order valence-electron chi connectivity index (χ2n) is 5.33. The topological polar surface area (TPSA) is 110 Å². The Morgan fingerprint density at radius 1 is 1.23 bits per heavy atom. The summed E-state index contributed by atoms with van der Waals surface area (Å²) in [6.45, 7) is -0.654. The molecular formula is C16H9ClFN3O5. The number of fused-ring (bicyclic) bond motifs is 1. The summed E-state index contributed by atoms with van der Waals surface area (Å²) in [6.07, 6.45) is 0. The van der Waals surface area contributed by atoms with Crippen LogP contribution in [0, 0.1) is 15.9 Å². The van der Waals surface area contributed by atoms with Gasteiger partial charge in [-0.3, -0.25) is 29.4 Å². The van der Waals surface area contributed by atoms with E-state index in [9.17, 15) is 28.9 Å². The van der Waals surface area contributed by atoms with Gasteiger partial charge in [0.1, 0.15) is 17.9 Å². The van der Waals surface area contributed by atoms with Crippen molar-refractivity contribution < 1.29 is 23.7 Å². The lowest BCUT2D eigenvalue weighted by Gasteiger charge is -2.13. The van der Waals surface area contributed by atoms with Crippen LogP contribution in [0.25, 0.3) is 0 Å². The van der Waals surface area contributed by atoms with Gasteiger partial charge in [-0.25, -0.2) is 4.39 Å². The lowest BCUT2D eigenvalue weighted by atomic mass is 10.1. The summed E-state index contributed by atoms with van der Waals surface area (Å²) in [4.78, 5) is 47.7. The van der Waals surface area contributed by atoms with Crippen molar-refractivity contribution >= 4 is 40.7 Å². The molecule has 2 aromatic carbocycles. The van der Waals surface area contributed by atoms with Crippen LogP contribution in [-0.4, -0.2) is 34.1 Å². The van der Waals surface area contributed by atoms with Crippen LogP contribution in [-0.2, 0) is 4.79 Å². The fourth-order valence-electron chi connectivity index (χ4n) is 2.53. The van der Waals surface area contributed by atoms with Crippen LogP contribution in [0.2, 0.25) is 5.02 Å². The summed E-state index contributed by atoms with van der Waals surface area (Å²) in [5.74, 6) is -3.15. The van der Waals surface area contributed by atoms with Crippen molar-refractivity contribution in [1.82, 2.24) is 4.90 Å². The molecule has 1 heterocycles. The summed E-state index contributed by atoms with van der Waals surface area (Å²) >= 11 is 5.61. The quantitative estimate of drug-likeness (QED) is 0.500. The molecule has 0 radical (unpaired) electrons. The normalized spacial score (nSPS) is 12.9. The molecule has 10 heteroatoms. The van der Waals surface area contributed by atoms with Crippen LogP contribution in [0.5, 0.6) is 0 Å². The molecule has 0 bridgehead atoms. The largest absolute Gasteiger partial charge is 0.324 e. The first-order chi connectivity index (χ1) is 12.3. The predicted octanol–water partition coefficient (Wildman–Crippen LogP) is 2.62. The summed E-state index contributed by atoms with van der Waals surface area (Å²) in [5, 5.41) is 13.2. The van der Waals surface area contributed by atoms with E-state index in [0.717, 1.165) is 12.1 Å². The van der Waals surface area contributed by atoms with E-state index in [2.05, 4.69) is 5.32 Å². The highest BCUT2D eigenvalue weighted by atomic mass is 35.5. The van der Waals surface area contributed by atoms with E-state index >= 15 is 0 Å². The minimum Gasteiger partial charge on any atom is -0.324 e. The fraction of sp³-hybridized carbons (Fsp3) is 0.0625. The highest BCUT2D eigenvalue weighted by molar-refractivity contribution is 6.31. The molecule has 0 spiro atoms. The molecule has 26 heavy (non-hydrogen) atoms. The number of amides is 3. The zero-order valence-electron chi connectivity index (χ0n) is 12.9. The number of benzene rings is 2. The molecule has 1 N–H and O–H groups in total. The van der Waals surface area contributed by atoms with Crippen LogP contribution >= 0.6 is 11.6 Å². The molecule has 0 aliphatic carbocycles. The number of halogens is 2. The number of carbonyl (C=O) groups is 3. The minimum atomic E-state index is -0.926. The molecule has 1 aliphatic rings. The molecule has 0 unspecified atom stereocenters. The Labute approximate surface area is 150 Å². The van der Waals surface area contributed by atoms with Crippen molar-refractivity contribution in [3.63, 3.8) is 0 Å². The van der Waals surface area contributed by atoms with Crippen molar-refractivity contribution in [2.24, 2.45) is 0 Å². The number of nitro benzene ring substituents is 1. The van der Waals surface area contributed by atoms with Crippen LogP contribution in [0.15, 0.2) is 36.4 Å². The first-order valence-electron chi connectivity index (χ1n) is 7.18. The summed E-state index contributed by atoms with van der Waals surface area (Å²) in [6, 6.07) is 7.14. The number of nitrogens with one attached hydrogen (secondary N) is 1. The van der Waals surface area contributed by atoms with Crippen LogP contribution in [0.3, 0.4) is 0 Å². The van der Waals surface area contributed by atoms with Crippen molar-refractivity contribution in [2.75, 3.05) is 11.9 Å². The van der Waals surface area contributed by atoms with E-state index in [0.29, 0.717) is 4.90 Å². The van der Waals surface area contributed by atoms with Crippen LogP contribution in [0.1, 0.15) is 20.7 Å². The summed E-state index contributed by atoms with van der Waals surface area (Å²) in [5.41, 5.74) is -0.819. The molecule has 0 saturated carbocycles. The van der Waals surface area contributed by atoms with Gasteiger partial charge in [0, 0.05) is 11.8 Å².